The van der Waals surface area contributed by atoms with Crippen LogP contribution in [0.5, 0.6) is 5.75 Å². The summed E-state index contributed by atoms with van der Waals surface area (Å²) in [5, 5.41) is 1.80. The predicted molar refractivity (Wildman–Crippen MR) is 84.2 cm³/mol. The van der Waals surface area contributed by atoms with Gasteiger partial charge in [0.15, 0.2) is 0 Å². The Kier molecular flexibility index (Phi) is 3.22. The number of rotatable bonds is 1. The van der Waals surface area contributed by atoms with Crippen LogP contribution in [0.1, 0.15) is 30.4 Å². The monoisotopic (exact) mass is 316 g/mol. The third kappa shape index (κ3) is 2.62. The van der Waals surface area contributed by atoms with Crippen LogP contribution >= 0.6 is 0 Å². The maximum absolute atomic E-state index is 12.5. The standard InChI is InChI=1S/C19H15F3O/c20-19(21,22)23-14-8-5-13-7-9-16-15-4-2-1-3-12(15)6-10-17(16)18(13)11-14/h2,4-5,7-9,11H,1,3,6,10H2. The Morgan fingerprint density at radius 2 is 1.78 bits per heavy atom. The molecule has 0 aromatic heterocycles. The van der Waals surface area contributed by atoms with E-state index in [2.05, 4.69) is 23.0 Å². The summed E-state index contributed by atoms with van der Waals surface area (Å²) in [6, 6.07) is 8.64. The molecule has 2 aliphatic carbocycles. The second-order valence-electron chi connectivity index (χ2n) is 5.98. The SMILES string of the molecule is FC(F)(F)Oc1ccc2ccc3c(c2c1)CCC1=C3C=CCC1. The summed E-state index contributed by atoms with van der Waals surface area (Å²) in [6.45, 7) is 0. The molecule has 0 bridgehead atoms. The first-order chi connectivity index (χ1) is 11.0. The van der Waals surface area contributed by atoms with Crippen LogP contribution in [0, 0.1) is 0 Å². The van der Waals surface area contributed by atoms with E-state index < -0.39 is 6.36 Å². The van der Waals surface area contributed by atoms with Gasteiger partial charge in [0.2, 0.25) is 0 Å². The summed E-state index contributed by atoms with van der Waals surface area (Å²) >= 11 is 0. The van der Waals surface area contributed by atoms with Crippen molar-refractivity contribution in [3.05, 3.63) is 59.2 Å². The number of alkyl halides is 3. The number of hydrogen-bond donors (Lipinski definition) is 0. The van der Waals surface area contributed by atoms with Crippen LogP contribution in [0.25, 0.3) is 16.3 Å². The highest BCUT2D eigenvalue weighted by Gasteiger charge is 2.31. The van der Waals surface area contributed by atoms with E-state index in [1.54, 1.807) is 6.07 Å². The van der Waals surface area contributed by atoms with Crippen molar-refractivity contribution >= 4 is 16.3 Å². The molecule has 4 heteroatoms. The van der Waals surface area contributed by atoms with E-state index in [1.165, 1.54) is 23.3 Å². The van der Waals surface area contributed by atoms with Gasteiger partial charge in [-0.3, -0.25) is 0 Å². The zero-order valence-corrected chi connectivity index (χ0v) is 12.4. The molecule has 1 nitrogen and oxygen atoms in total. The Hall–Kier alpha value is -2.23. The quantitative estimate of drug-likeness (QED) is 0.647. The van der Waals surface area contributed by atoms with Gasteiger partial charge in [0.1, 0.15) is 5.75 Å². The zero-order valence-electron chi connectivity index (χ0n) is 12.4. The van der Waals surface area contributed by atoms with Crippen LogP contribution in [-0.4, -0.2) is 6.36 Å². The summed E-state index contributed by atoms with van der Waals surface area (Å²) in [5.41, 5.74) is 4.99. The third-order valence-corrected chi connectivity index (χ3v) is 4.58. The number of ether oxygens (including phenoxy) is 1. The zero-order chi connectivity index (χ0) is 16.0. The van der Waals surface area contributed by atoms with Crippen LogP contribution in [0.2, 0.25) is 0 Å². The molecule has 2 aliphatic rings. The van der Waals surface area contributed by atoms with Crippen molar-refractivity contribution in [2.75, 3.05) is 0 Å². The Morgan fingerprint density at radius 1 is 0.957 bits per heavy atom. The molecule has 0 atom stereocenters. The molecular formula is C19H15F3O. The molecule has 118 valence electrons. The number of halogens is 3. The maximum atomic E-state index is 12.5. The molecule has 0 radical (unpaired) electrons. The van der Waals surface area contributed by atoms with Crippen molar-refractivity contribution < 1.29 is 17.9 Å². The van der Waals surface area contributed by atoms with Gasteiger partial charge in [-0.25, -0.2) is 0 Å². The van der Waals surface area contributed by atoms with E-state index in [-0.39, 0.29) is 5.75 Å². The molecule has 0 amide bonds. The van der Waals surface area contributed by atoms with Crippen LogP contribution in [0.3, 0.4) is 0 Å². The van der Waals surface area contributed by atoms with Gasteiger partial charge in [-0.15, -0.1) is 13.2 Å². The molecule has 0 saturated carbocycles. The fourth-order valence-electron chi connectivity index (χ4n) is 3.61. The van der Waals surface area contributed by atoms with Gasteiger partial charge in [-0.1, -0.05) is 35.9 Å². The Morgan fingerprint density at radius 3 is 2.61 bits per heavy atom. The summed E-state index contributed by atoms with van der Waals surface area (Å²) < 4.78 is 41.5. The lowest BCUT2D eigenvalue weighted by Crippen LogP contribution is -2.17. The number of hydrogen-bond acceptors (Lipinski definition) is 1. The minimum Gasteiger partial charge on any atom is -0.406 e. The molecule has 0 fully saturated rings. The first-order valence-electron chi connectivity index (χ1n) is 7.71. The van der Waals surface area contributed by atoms with Crippen LogP contribution in [-0.2, 0) is 6.42 Å². The van der Waals surface area contributed by atoms with E-state index in [1.807, 2.05) is 6.07 Å². The highest BCUT2D eigenvalue weighted by atomic mass is 19.4. The topological polar surface area (TPSA) is 9.23 Å². The van der Waals surface area contributed by atoms with Gasteiger partial charge < -0.3 is 4.74 Å². The van der Waals surface area contributed by atoms with E-state index in [0.29, 0.717) is 0 Å². The predicted octanol–water partition coefficient (Wildman–Crippen LogP) is 5.79. The van der Waals surface area contributed by atoms with Gasteiger partial charge in [0.25, 0.3) is 0 Å². The van der Waals surface area contributed by atoms with Gasteiger partial charge in [-0.05, 0) is 65.3 Å². The van der Waals surface area contributed by atoms with Gasteiger partial charge in [0, 0.05) is 0 Å². The van der Waals surface area contributed by atoms with E-state index in [4.69, 9.17) is 0 Å². The minimum absolute atomic E-state index is 0.155. The number of allylic oxidation sites excluding steroid dienone is 4. The molecule has 0 aliphatic heterocycles. The van der Waals surface area contributed by atoms with Gasteiger partial charge >= 0.3 is 6.36 Å². The van der Waals surface area contributed by atoms with Crippen molar-refractivity contribution in [1.29, 1.82) is 0 Å². The molecule has 23 heavy (non-hydrogen) atoms. The van der Waals surface area contributed by atoms with Gasteiger partial charge in [0.05, 0.1) is 0 Å². The average Bonchev–Trinajstić information content (AvgIpc) is 2.52. The molecule has 2 aromatic rings. The van der Waals surface area contributed by atoms with Crippen molar-refractivity contribution in [3.63, 3.8) is 0 Å². The summed E-state index contributed by atoms with van der Waals surface area (Å²) in [7, 11) is 0. The van der Waals surface area contributed by atoms with Gasteiger partial charge in [-0.2, -0.15) is 0 Å². The average molecular weight is 316 g/mol. The fraction of sp³-hybridized carbons (Fsp3) is 0.263. The molecule has 2 aromatic carbocycles. The number of benzene rings is 2. The number of aryl methyl sites for hydroxylation is 1. The largest absolute Gasteiger partial charge is 0.573 e. The molecule has 0 saturated heterocycles. The molecular weight excluding hydrogens is 301 g/mol. The van der Waals surface area contributed by atoms with Crippen molar-refractivity contribution in [2.24, 2.45) is 0 Å². The lowest BCUT2D eigenvalue weighted by Gasteiger charge is -2.25. The van der Waals surface area contributed by atoms with E-state index in [9.17, 15) is 13.2 Å². The molecule has 0 spiro atoms. The molecule has 0 N–H and O–H groups in total. The highest BCUT2D eigenvalue weighted by molar-refractivity contribution is 5.94. The highest BCUT2D eigenvalue weighted by Crippen LogP contribution is 2.40. The summed E-state index contributed by atoms with van der Waals surface area (Å²) in [4.78, 5) is 0. The maximum Gasteiger partial charge on any atom is 0.573 e. The smallest absolute Gasteiger partial charge is 0.406 e. The summed E-state index contributed by atoms with van der Waals surface area (Å²) in [5.74, 6) is -0.155. The lowest BCUT2D eigenvalue weighted by atomic mass is 9.79. The Balaban J connectivity index is 1.86. The second-order valence-corrected chi connectivity index (χ2v) is 5.98. The molecule has 4 rings (SSSR count). The first-order valence-corrected chi connectivity index (χ1v) is 7.71. The van der Waals surface area contributed by atoms with Crippen LogP contribution < -0.4 is 4.74 Å². The minimum atomic E-state index is -4.66. The lowest BCUT2D eigenvalue weighted by molar-refractivity contribution is -0.274. The Bertz CT molecular complexity index is 844. The van der Waals surface area contributed by atoms with Crippen molar-refractivity contribution in [1.82, 2.24) is 0 Å². The normalized spacial score (nSPS) is 17.2. The fourth-order valence-corrected chi connectivity index (χ4v) is 3.61. The van der Waals surface area contributed by atoms with Crippen molar-refractivity contribution in [2.45, 2.75) is 32.0 Å². The first kappa shape index (κ1) is 14.4. The van der Waals surface area contributed by atoms with E-state index in [0.717, 1.165) is 47.6 Å². The third-order valence-electron chi connectivity index (χ3n) is 4.58. The van der Waals surface area contributed by atoms with Crippen molar-refractivity contribution in [3.8, 4) is 5.75 Å². The van der Waals surface area contributed by atoms with E-state index >= 15 is 0 Å². The Labute approximate surface area is 132 Å². The molecule has 0 heterocycles. The molecule has 0 unspecified atom stereocenters. The van der Waals surface area contributed by atoms with Crippen LogP contribution in [0.4, 0.5) is 13.2 Å². The van der Waals surface area contributed by atoms with Crippen LogP contribution in [0.15, 0.2) is 48.1 Å². The second kappa shape index (κ2) is 5.15. The summed E-state index contributed by atoms with van der Waals surface area (Å²) in [6.07, 6.45) is 3.67. The number of fused-ring (bicyclic) bond motifs is 4.